The second-order valence-corrected chi connectivity index (χ2v) is 14.0. The largest absolute Gasteiger partial charge is 0.459 e. The van der Waals surface area contributed by atoms with Crippen LogP contribution in [0.3, 0.4) is 0 Å². The second kappa shape index (κ2) is 15.8. The van der Waals surface area contributed by atoms with E-state index in [0.29, 0.717) is 0 Å². The Morgan fingerprint density at radius 1 is 1.04 bits per heavy atom. The predicted octanol–water partition coefficient (Wildman–Crippen LogP) is -0.481. The van der Waals surface area contributed by atoms with Crippen molar-refractivity contribution in [3.8, 4) is 0 Å². The van der Waals surface area contributed by atoms with Crippen LogP contribution in [-0.4, -0.2) is 109 Å². The number of amides is 1. The molecule has 0 spiro atoms. The maximum absolute atomic E-state index is 14.3. The number of ketones is 1. The molecule has 256 valence electrons. The molecular formula is C31H49Ac2NO12. The molecular weight excluding hydrogens is 1030 g/mol. The molecule has 0 unspecified atom stereocenters. The van der Waals surface area contributed by atoms with Gasteiger partial charge in [-0.25, -0.2) is 4.79 Å². The van der Waals surface area contributed by atoms with E-state index in [1.807, 2.05) is 0 Å². The van der Waals surface area contributed by atoms with Crippen LogP contribution in [0.5, 0.6) is 0 Å². The number of fused-ring (bicyclic) bond motifs is 3. The molecule has 2 fully saturated rings. The third-order valence-electron chi connectivity index (χ3n) is 10.8. The molecule has 1 amide bonds. The number of aliphatic hydroxyl groups excluding tert-OH is 4. The van der Waals surface area contributed by atoms with Crippen molar-refractivity contribution in [2.75, 3.05) is 6.61 Å². The molecule has 2 bridgehead atoms. The first-order chi connectivity index (χ1) is 20.0. The SMILES string of the molecule is CC(=O)N[C@@H](C(C)C)[C@@H](O)C(=O)O[C@H]1C[C@@]2(O)[C@@H](OC(C)=O)[C@@H]3[C@](O)(CO)[C@H](C)C[C@H](O)[C@@]3(C)C(=O)[C@H](O)C(=C1C)C2(C)C.[Ac].[Ac]. The van der Waals surface area contributed by atoms with Crippen molar-refractivity contribution in [2.24, 2.45) is 28.6 Å². The van der Waals surface area contributed by atoms with E-state index in [-0.39, 0.29) is 112 Å². The molecule has 0 aromatic rings. The monoisotopic (exact) mass is 1080 g/mol. The summed E-state index contributed by atoms with van der Waals surface area (Å²) in [5, 5.41) is 71.7. The van der Waals surface area contributed by atoms with Crippen LogP contribution in [0.25, 0.3) is 0 Å². The number of rotatable bonds is 7. The average Bonchev–Trinajstić information content (AvgIpc) is 2.91. The van der Waals surface area contributed by atoms with E-state index < -0.39 is 107 Å². The zero-order chi connectivity index (χ0) is 33.9. The van der Waals surface area contributed by atoms with Gasteiger partial charge in [0.2, 0.25) is 5.91 Å². The van der Waals surface area contributed by atoms with Gasteiger partial charge in [0.15, 0.2) is 11.9 Å². The normalized spacial score (nSPS) is 38.1. The van der Waals surface area contributed by atoms with Gasteiger partial charge in [-0.3, -0.25) is 14.4 Å². The molecule has 3 rings (SSSR count). The fourth-order valence-electron chi connectivity index (χ4n) is 7.96. The standard InChI is InChI=1S/C31H49NO12.2Ac/c1-13(2)21(32-16(5)34)23(38)27(40)44-18-11-31(42)26(43-17(6)35)24-29(9,19(36)10-14(3)30(24,41)12-33)25(39)22(37)20(15(18)4)28(31,7)8;;/h13-14,18-19,21-24,26,33,36-38,41-42H,10-12H2,1-9H3,(H,32,34);;/t14-,18+,19+,21+,22-,23-,24+,26+,29-,30+,31-;;/m1../s1. The third kappa shape index (κ3) is 7.27. The quantitative estimate of drug-likeness (QED) is 0.127. The van der Waals surface area contributed by atoms with Gasteiger partial charge in [-0.2, -0.15) is 0 Å². The summed E-state index contributed by atoms with van der Waals surface area (Å²) in [4.78, 5) is 51.9. The second-order valence-electron chi connectivity index (χ2n) is 14.0. The fourth-order valence-corrected chi connectivity index (χ4v) is 7.96. The zero-order valence-corrected chi connectivity index (χ0v) is 37.6. The molecule has 0 heterocycles. The van der Waals surface area contributed by atoms with Crippen molar-refractivity contribution in [2.45, 2.75) is 123 Å². The number of esters is 2. The maximum Gasteiger partial charge on any atom is 0.337 e. The molecule has 13 nitrogen and oxygen atoms in total. The summed E-state index contributed by atoms with van der Waals surface area (Å²) in [6, 6.07) is -1.02. The summed E-state index contributed by atoms with van der Waals surface area (Å²) in [6.07, 6.45) is -9.00. The number of aliphatic hydroxyl groups is 6. The van der Waals surface area contributed by atoms with Crippen LogP contribution in [0.1, 0.15) is 75.2 Å². The number of carbonyl (C=O) groups is 4. The third-order valence-corrected chi connectivity index (χ3v) is 10.8. The predicted molar refractivity (Wildman–Crippen MR) is 154 cm³/mol. The zero-order valence-electron chi connectivity index (χ0n) is 28.1. The van der Waals surface area contributed by atoms with Crippen LogP contribution in [0.4, 0.5) is 0 Å². The first-order valence-corrected chi connectivity index (χ1v) is 15.0. The molecule has 2 radical (unpaired) electrons. The van der Waals surface area contributed by atoms with Gasteiger partial charge in [-0.05, 0) is 43.3 Å². The number of carbonyl (C=O) groups excluding carboxylic acids is 4. The van der Waals surface area contributed by atoms with Crippen LogP contribution in [-0.2, 0) is 28.7 Å². The minimum absolute atomic E-state index is 0. The van der Waals surface area contributed by atoms with Gasteiger partial charge in [-0.15, -0.1) is 0 Å². The van der Waals surface area contributed by atoms with Crippen molar-refractivity contribution in [1.82, 2.24) is 5.32 Å². The van der Waals surface area contributed by atoms with E-state index in [9.17, 15) is 49.8 Å². The Morgan fingerprint density at radius 3 is 2.04 bits per heavy atom. The Morgan fingerprint density at radius 2 is 1.59 bits per heavy atom. The Kier molecular flexibility index (Phi) is 15.3. The Hall–Kier alpha value is 0.463. The molecule has 46 heavy (non-hydrogen) atoms. The summed E-state index contributed by atoms with van der Waals surface area (Å²) in [6.45, 7) is 12.1. The number of ether oxygens (including phenoxy) is 2. The van der Waals surface area contributed by atoms with E-state index in [4.69, 9.17) is 9.47 Å². The van der Waals surface area contributed by atoms with Crippen LogP contribution >= 0.6 is 0 Å². The van der Waals surface area contributed by atoms with Gasteiger partial charge < -0.3 is 45.4 Å². The number of hydrogen-bond acceptors (Lipinski definition) is 12. The smallest absolute Gasteiger partial charge is 0.337 e. The molecule has 0 aromatic heterocycles. The fraction of sp³-hybridized carbons (Fsp3) is 0.806. The van der Waals surface area contributed by atoms with Gasteiger partial charge in [0, 0.05) is 120 Å². The number of nitrogens with one attached hydrogen (secondary N) is 1. The summed E-state index contributed by atoms with van der Waals surface area (Å²) >= 11 is 0. The van der Waals surface area contributed by atoms with Gasteiger partial charge in [-0.1, -0.05) is 34.6 Å². The van der Waals surface area contributed by atoms with Crippen LogP contribution in [0.15, 0.2) is 11.1 Å². The number of hydrogen-bond donors (Lipinski definition) is 7. The van der Waals surface area contributed by atoms with Crippen LogP contribution in [0, 0.1) is 117 Å². The summed E-state index contributed by atoms with van der Waals surface area (Å²) < 4.78 is 11.5. The van der Waals surface area contributed by atoms with Gasteiger partial charge in [0.05, 0.1) is 29.8 Å². The molecule has 0 saturated heterocycles. The van der Waals surface area contributed by atoms with Crippen molar-refractivity contribution in [1.29, 1.82) is 0 Å². The van der Waals surface area contributed by atoms with E-state index in [2.05, 4.69) is 5.32 Å². The minimum Gasteiger partial charge on any atom is -0.459 e. The van der Waals surface area contributed by atoms with Crippen molar-refractivity contribution in [3.05, 3.63) is 11.1 Å². The Labute approximate surface area is 341 Å². The number of Topliss-reactive ketones (excluding diaryl/α,β-unsaturated/α-hetero) is 1. The first kappa shape index (κ1) is 44.5. The maximum atomic E-state index is 14.3. The molecule has 2 saturated carbocycles. The molecule has 3 aliphatic rings. The molecule has 15 heteroatoms. The van der Waals surface area contributed by atoms with E-state index in [1.165, 1.54) is 34.6 Å². The first-order valence-electron chi connectivity index (χ1n) is 15.0. The Balaban J connectivity index is 0.00000529. The van der Waals surface area contributed by atoms with Crippen molar-refractivity contribution >= 4 is 23.6 Å². The van der Waals surface area contributed by atoms with Gasteiger partial charge in [0.1, 0.15) is 23.9 Å². The molecule has 0 aromatic carbocycles. The van der Waals surface area contributed by atoms with Crippen LogP contribution in [0.2, 0.25) is 0 Å². The summed E-state index contributed by atoms with van der Waals surface area (Å²) in [7, 11) is 0. The van der Waals surface area contributed by atoms with E-state index >= 15 is 0 Å². The van der Waals surface area contributed by atoms with Gasteiger partial charge in [0.25, 0.3) is 0 Å². The Bertz CT molecular complexity index is 1230. The van der Waals surface area contributed by atoms with E-state index in [0.717, 1.165) is 6.92 Å². The summed E-state index contributed by atoms with van der Waals surface area (Å²) in [5.74, 6) is -6.32. The molecule has 3 aliphatic carbocycles. The van der Waals surface area contributed by atoms with E-state index in [1.54, 1.807) is 20.8 Å². The van der Waals surface area contributed by atoms with Crippen molar-refractivity contribution < 1.29 is 147 Å². The molecule has 7 N–H and O–H groups in total. The van der Waals surface area contributed by atoms with Gasteiger partial charge >= 0.3 is 11.9 Å². The minimum atomic E-state index is -2.27. The summed E-state index contributed by atoms with van der Waals surface area (Å²) in [5.41, 5.74) is -7.86. The average molecular weight is 1080 g/mol. The molecule has 0 aliphatic heterocycles. The van der Waals surface area contributed by atoms with Crippen molar-refractivity contribution in [3.63, 3.8) is 0 Å². The molecule has 11 atom stereocenters. The van der Waals surface area contributed by atoms with Crippen LogP contribution < -0.4 is 5.32 Å². The topological polar surface area (TPSA) is 220 Å².